The molecule has 0 bridgehead atoms. The molecule has 226 valence electrons. The quantitative estimate of drug-likeness (QED) is 0.177. The highest BCUT2D eigenvalue weighted by molar-refractivity contribution is 5.82. The lowest BCUT2D eigenvalue weighted by atomic mass is 9.94. The fourth-order valence-electron chi connectivity index (χ4n) is 5.61. The van der Waals surface area contributed by atoms with Crippen LogP contribution in [0.1, 0.15) is 52.7 Å². The van der Waals surface area contributed by atoms with Crippen LogP contribution in [0.25, 0.3) is 5.57 Å². The summed E-state index contributed by atoms with van der Waals surface area (Å²) in [6, 6.07) is 36.4. The van der Waals surface area contributed by atoms with E-state index in [0.29, 0.717) is 18.0 Å². The molecule has 0 atom stereocenters. The molecule has 4 rings (SSSR count). The predicted molar refractivity (Wildman–Crippen MR) is 191 cm³/mol. The number of hydrogen-bond acceptors (Lipinski definition) is 4. The Kier molecular flexibility index (Phi) is 10.2. The van der Waals surface area contributed by atoms with Gasteiger partial charge < -0.3 is 19.6 Å². The topological polar surface area (TPSA) is 13.0 Å². The van der Waals surface area contributed by atoms with E-state index in [1.165, 1.54) is 50.8 Å². The van der Waals surface area contributed by atoms with Crippen LogP contribution in [0.2, 0.25) is 0 Å². The number of anilines is 6. The summed E-state index contributed by atoms with van der Waals surface area (Å²) in [6.07, 6.45) is 2.38. The molecule has 0 unspecified atom stereocenters. The number of rotatable bonds is 11. The second-order valence-electron chi connectivity index (χ2n) is 12.7. The summed E-state index contributed by atoms with van der Waals surface area (Å²) in [5, 5.41) is 0. The normalized spacial score (nSPS) is 11.2. The zero-order valence-corrected chi connectivity index (χ0v) is 27.8. The number of nitrogens with zero attached hydrogens (tertiary/aromatic N) is 4. The maximum Gasteiger partial charge on any atom is 0.0414 e. The van der Waals surface area contributed by atoms with Gasteiger partial charge in [0, 0.05) is 74.4 Å². The van der Waals surface area contributed by atoms with Crippen molar-refractivity contribution in [1.82, 2.24) is 0 Å². The highest BCUT2D eigenvalue weighted by Gasteiger charge is 2.17. The van der Waals surface area contributed by atoms with Crippen molar-refractivity contribution >= 4 is 39.7 Å². The van der Waals surface area contributed by atoms with Crippen LogP contribution < -0.4 is 19.6 Å². The molecule has 4 aromatic carbocycles. The highest BCUT2D eigenvalue weighted by Crippen LogP contribution is 2.34. The second kappa shape index (κ2) is 13.9. The molecule has 0 radical (unpaired) electrons. The summed E-state index contributed by atoms with van der Waals surface area (Å²) in [7, 11) is 8.31. The highest BCUT2D eigenvalue weighted by atomic mass is 15.2. The number of hydrogen-bond donors (Lipinski definition) is 0. The summed E-state index contributed by atoms with van der Waals surface area (Å²) < 4.78 is 0. The molecule has 0 aromatic heterocycles. The molecule has 0 fully saturated rings. The number of allylic oxidation sites excluding steroid dienone is 1. The van der Waals surface area contributed by atoms with Crippen molar-refractivity contribution in [3.8, 4) is 0 Å². The third-order valence-electron chi connectivity index (χ3n) is 7.73. The summed E-state index contributed by atoms with van der Waals surface area (Å²) in [4.78, 5) is 9.07. The van der Waals surface area contributed by atoms with E-state index in [1.54, 1.807) is 0 Å². The van der Waals surface area contributed by atoms with Crippen molar-refractivity contribution in [2.45, 2.75) is 53.6 Å². The van der Waals surface area contributed by atoms with Gasteiger partial charge in [0.25, 0.3) is 0 Å². The van der Waals surface area contributed by atoms with Gasteiger partial charge in [-0.1, -0.05) is 44.2 Å². The Hall–Kier alpha value is -4.18. The molecule has 0 saturated carbocycles. The van der Waals surface area contributed by atoms with E-state index in [4.69, 9.17) is 0 Å². The molecular weight excluding hydrogens is 524 g/mol. The zero-order valence-electron chi connectivity index (χ0n) is 27.8. The first-order chi connectivity index (χ1) is 20.5. The van der Waals surface area contributed by atoms with E-state index in [2.05, 4.69) is 192 Å². The standard InChI is InChI=1S/C39H50N4/c1-28(2)27-39(31-11-15-35(16-12-31)42(29(3)4)37-23-19-33(20-24-37)40(7)8)32-13-17-36(18-14-32)43(30(5)6)38-25-21-34(22-26-38)41(9)10/h11-30H,1-10H3. The van der Waals surface area contributed by atoms with Crippen LogP contribution in [0.15, 0.2) is 103 Å². The Morgan fingerprint density at radius 1 is 0.419 bits per heavy atom. The molecule has 4 aromatic rings. The summed E-state index contributed by atoms with van der Waals surface area (Å²) in [5.41, 5.74) is 10.9. The predicted octanol–water partition coefficient (Wildman–Crippen LogP) is 10.00. The van der Waals surface area contributed by atoms with Gasteiger partial charge in [0.05, 0.1) is 0 Å². The molecule has 0 N–H and O–H groups in total. The van der Waals surface area contributed by atoms with Crippen LogP contribution in [0, 0.1) is 5.92 Å². The SMILES string of the molecule is CC(C)C=C(c1ccc(N(c2ccc(N(C)C)cc2)C(C)C)cc1)c1ccc(N(c2ccc(N(C)C)cc2)C(C)C)cc1. The van der Waals surface area contributed by atoms with Gasteiger partial charge in [0.15, 0.2) is 0 Å². The van der Waals surface area contributed by atoms with Crippen molar-refractivity contribution in [2.24, 2.45) is 5.92 Å². The first-order valence-electron chi connectivity index (χ1n) is 15.5. The van der Waals surface area contributed by atoms with Crippen molar-refractivity contribution in [1.29, 1.82) is 0 Å². The lowest BCUT2D eigenvalue weighted by molar-refractivity contribution is 0.789. The van der Waals surface area contributed by atoms with Crippen LogP contribution in [0.3, 0.4) is 0 Å². The lowest BCUT2D eigenvalue weighted by Crippen LogP contribution is -2.25. The minimum absolute atomic E-state index is 0.331. The molecule has 0 aliphatic heterocycles. The van der Waals surface area contributed by atoms with Crippen LogP contribution in [-0.4, -0.2) is 40.3 Å². The lowest BCUT2D eigenvalue weighted by Gasteiger charge is -2.30. The second-order valence-corrected chi connectivity index (χ2v) is 12.7. The van der Waals surface area contributed by atoms with E-state index in [9.17, 15) is 0 Å². The third-order valence-corrected chi connectivity index (χ3v) is 7.73. The molecule has 0 spiro atoms. The number of benzene rings is 4. The van der Waals surface area contributed by atoms with Crippen molar-refractivity contribution in [3.63, 3.8) is 0 Å². The molecule has 0 amide bonds. The fraction of sp³-hybridized carbons (Fsp3) is 0.333. The molecule has 4 nitrogen and oxygen atoms in total. The van der Waals surface area contributed by atoms with E-state index < -0.39 is 0 Å². The van der Waals surface area contributed by atoms with Gasteiger partial charge in [0.2, 0.25) is 0 Å². The molecule has 0 aliphatic carbocycles. The zero-order chi connectivity index (χ0) is 31.3. The molecule has 0 heterocycles. The minimum Gasteiger partial charge on any atom is -0.378 e. The van der Waals surface area contributed by atoms with Crippen molar-refractivity contribution in [3.05, 3.63) is 114 Å². The van der Waals surface area contributed by atoms with Crippen LogP contribution in [0.4, 0.5) is 34.1 Å². The first-order valence-corrected chi connectivity index (χ1v) is 15.5. The van der Waals surface area contributed by atoms with Gasteiger partial charge in [-0.05, 0) is 123 Å². The van der Waals surface area contributed by atoms with E-state index in [0.717, 1.165) is 0 Å². The Morgan fingerprint density at radius 2 is 0.674 bits per heavy atom. The Morgan fingerprint density at radius 3 is 0.907 bits per heavy atom. The van der Waals surface area contributed by atoms with Crippen molar-refractivity contribution in [2.75, 3.05) is 47.8 Å². The van der Waals surface area contributed by atoms with E-state index in [-0.39, 0.29) is 0 Å². The fourth-order valence-corrected chi connectivity index (χ4v) is 5.61. The van der Waals surface area contributed by atoms with Gasteiger partial charge in [-0.15, -0.1) is 0 Å². The molecule has 0 aliphatic rings. The van der Waals surface area contributed by atoms with Crippen molar-refractivity contribution < 1.29 is 0 Å². The van der Waals surface area contributed by atoms with E-state index >= 15 is 0 Å². The average Bonchev–Trinajstić information content (AvgIpc) is 2.97. The average molecular weight is 575 g/mol. The minimum atomic E-state index is 0.331. The summed E-state index contributed by atoms with van der Waals surface area (Å²) in [5.74, 6) is 0.430. The van der Waals surface area contributed by atoms with Gasteiger partial charge in [0.1, 0.15) is 0 Å². The van der Waals surface area contributed by atoms with Gasteiger partial charge in [-0.25, -0.2) is 0 Å². The summed E-state index contributed by atoms with van der Waals surface area (Å²) in [6.45, 7) is 13.5. The van der Waals surface area contributed by atoms with Gasteiger partial charge >= 0.3 is 0 Å². The van der Waals surface area contributed by atoms with Gasteiger partial charge in [-0.3, -0.25) is 0 Å². The maximum absolute atomic E-state index is 2.40. The third kappa shape index (κ3) is 7.62. The molecule has 4 heteroatoms. The largest absolute Gasteiger partial charge is 0.378 e. The van der Waals surface area contributed by atoms with Gasteiger partial charge in [-0.2, -0.15) is 0 Å². The monoisotopic (exact) mass is 574 g/mol. The molecule has 0 saturated heterocycles. The first kappa shape index (κ1) is 31.7. The molecular formula is C39H50N4. The van der Waals surface area contributed by atoms with Crippen LogP contribution >= 0.6 is 0 Å². The van der Waals surface area contributed by atoms with Crippen LogP contribution in [0.5, 0.6) is 0 Å². The van der Waals surface area contributed by atoms with E-state index in [1.807, 2.05) is 0 Å². The Labute approximate surface area is 260 Å². The maximum atomic E-state index is 2.40. The smallest absolute Gasteiger partial charge is 0.0414 e. The van der Waals surface area contributed by atoms with Crippen LogP contribution in [-0.2, 0) is 0 Å². The Bertz CT molecular complexity index is 1350. The molecule has 43 heavy (non-hydrogen) atoms. The Balaban J connectivity index is 1.63. The summed E-state index contributed by atoms with van der Waals surface area (Å²) >= 11 is 0.